The van der Waals surface area contributed by atoms with Crippen molar-refractivity contribution < 1.29 is 9.53 Å². The number of hydrogen-bond acceptors (Lipinski definition) is 3. The molecule has 134 valence electrons. The smallest absolute Gasteiger partial charge is 0.343 e. The molecule has 0 N–H and O–H groups in total. The number of carbonyl (C=O) groups is 1. The van der Waals surface area contributed by atoms with Crippen molar-refractivity contribution in [2.24, 2.45) is 5.92 Å². The minimum absolute atomic E-state index is 0.367. The largest absolute Gasteiger partial charge is 0.423 e. The number of carbonyl (C=O) groups excluding carboxylic acids is 1. The number of nitrogens with zero attached hydrogens (tertiary/aromatic N) is 1. The second-order valence-electron chi connectivity index (χ2n) is 7.17. The third kappa shape index (κ3) is 4.52. The van der Waals surface area contributed by atoms with Crippen molar-refractivity contribution >= 4 is 5.97 Å². The average molecular weight is 347 g/mol. The van der Waals surface area contributed by atoms with Crippen molar-refractivity contribution in [1.29, 1.82) is 5.26 Å². The lowest BCUT2D eigenvalue weighted by Crippen LogP contribution is -2.08. The number of nitriles is 1. The van der Waals surface area contributed by atoms with Gasteiger partial charge in [-0.3, -0.25) is 0 Å². The first-order valence-corrected chi connectivity index (χ1v) is 9.52. The van der Waals surface area contributed by atoms with Gasteiger partial charge in [-0.15, -0.1) is 0 Å². The molecule has 2 atom stereocenters. The summed E-state index contributed by atoms with van der Waals surface area (Å²) in [4.78, 5) is 12.3. The van der Waals surface area contributed by atoms with E-state index in [-0.39, 0.29) is 5.97 Å². The van der Waals surface area contributed by atoms with E-state index < -0.39 is 0 Å². The van der Waals surface area contributed by atoms with Crippen molar-refractivity contribution in [3.05, 3.63) is 65.2 Å². The minimum Gasteiger partial charge on any atom is -0.423 e. The Kier molecular flexibility index (Phi) is 6.07. The molecule has 0 heterocycles. The van der Waals surface area contributed by atoms with E-state index in [1.54, 1.807) is 24.3 Å². The fraction of sp³-hybridized carbons (Fsp3) is 0.391. The summed E-state index contributed by atoms with van der Waals surface area (Å²) in [5.41, 5.74) is 2.43. The number of hydrogen-bond donors (Lipinski definition) is 0. The zero-order valence-electron chi connectivity index (χ0n) is 15.3. The highest BCUT2D eigenvalue weighted by Crippen LogP contribution is 2.40. The lowest BCUT2D eigenvalue weighted by molar-refractivity contribution is 0.0734. The van der Waals surface area contributed by atoms with Crippen LogP contribution in [0.1, 0.15) is 72.9 Å². The summed E-state index contributed by atoms with van der Waals surface area (Å²) in [7, 11) is 0. The van der Waals surface area contributed by atoms with Gasteiger partial charge in [0.15, 0.2) is 0 Å². The Labute approximate surface area is 155 Å². The summed E-state index contributed by atoms with van der Waals surface area (Å²) in [6.07, 6.45) is 7.81. The van der Waals surface area contributed by atoms with Gasteiger partial charge in [0.05, 0.1) is 17.2 Å². The van der Waals surface area contributed by atoms with Crippen molar-refractivity contribution in [2.75, 3.05) is 0 Å². The van der Waals surface area contributed by atoms with E-state index in [9.17, 15) is 4.79 Å². The highest BCUT2D eigenvalue weighted by molar-refractivity contribution is 5.91. The molecule has 1 aliphatic carbocycles. The second-order valence-corrected chi connectivity index (χ2v) is 7.17. The molecule has 0 radical (unpaired) electrons. The van der Waals surface area contributed by atoms with Gasteiger partial charge in [-0.2, -0.15) is 5.26 Å². The first-order valence-electron chi connectivity index (χ1n) is 9.52. The molecular weight excluding hydrogens is 322 g/mol. The van der Waals surface area contributed by atoms with Crippen LogP contribution in [0.2, 0.25) is 0 Å². The topological polar surface area (TPSA) is 50.1 Å². The van der Waals surface area contributed by atoms with Gasteiger partial charge in [0.1, 0.15) is 5.75 Å². The number of benzene rings is 2. The number of unbranched alkanes of at least 4 members (excludes halogenated alkanes) is 1. The number of esters is 1. The van der Waals surface area contributed by atoms with Crippen LogP contribution < -0.4 is 4.74 Å². The Morgan fingerprint density at radius 3 is 2.50 bits per heavy atom. The lowest BCUT2D eigenvalue weighted by atomic mass is 9.94. The summed E-state index contributed by atoms with van der Waals surface area (Å²) in [6.45, 7) is 2.25. The third-order valence-electron chi connectivity index (χ3n) is 5.32. The Balaban J connectivity index is 1.58. The monoisotopic (exact) mass is 347 g/mol. The molecule has 3 nitrogen and oxygen atoms in total. The Hall–Kier alpha value is -2.60. The van der Waals surface area contributed by atoms with Crippen molar-refractivity contribution in [1.82, 2.24) is 0 Å². The van der Waals surface area contributed by atoms with Crippen LogP contribution in [-0.2, 0) is 0 Å². The van der Waals surface area contributed by atoms with E-state index in [4.69, 9.17) is 10.00 Å². The second kappa shape index (κ2) is 8.67. The van der Waals surface area contributed by atoms with Crippen LogP contribution in [0.5, 0.6) is 5.75 Å². The zero-order chi connectivity index (χ0) is 18.4. The Morgan fingerprint density at radius 2 is 1.85 bits per heavy atom. The molecular formula is C23H25NO2. The summed E-state index contributed by atoms with van der Waals surface area (Å²) in [5, 5.41) is 8.81. The van der Waals surface area contributed by atoms with Crippen LogP contribution in [0.15, 0.2) is 48.5 Å². The fourth-order valence-corrected chi connectivity index (χ4v) is 3.79. The van der Waals surface area contributed by atoms with Gasteiger partial charge in [-0.05, 0) is 73.1 Å². The maximum Gasteiger partial charge on any atom is 0.343 e. The van der Waals surface area contributed by atoms with Crippen LogP contribution in [0.25, 0.3) is 0 Å². The van der Waals surface area contributed by atoms with Crippen LogP contribution in [-0.4, -0.2) is 5.97 Å². The van der Waals surface area contributed by atoms with E-state index >= 15 is 0 Å². The molecule has 1 aliphatic rings. The van der Waals surface area contributed by atoms with Crippen LogP contribution in [0.3, 0.4) is 0 Å². The maximum atomic E-state index is 12.3. The molecule has 3 heteroatoms. The number of ether oxygens (including phenoxy) is 1. The molecule has 0 spiro atoms. The summed E-state index contributed by atoms with van der Waals surface area (Å²) in [6, 6.07) is 16.5. The first kappa shape index (κ1) is 18.2. The van der Waals surface area contributed by atoms with Gasteiger partial charge in [0, 0.05) is 0 Å². The van der Waals surface area contributed by atoms with Crippen molar-refractivity contribution in [3.8, 4) is 11.8 Å². The fourth-order valence-electron chi connectivity index (χ4n) is 3.79. The van der Waals surface area contributed by atoms with Crippen molar-refractivity contribution in [2.45, 2.75) is 51.4 Å². The average Bonchev–Trinajstić information content (AvgIpc) is 3.16. The van der Waals surface area contributed by atoms with E-state index in [1.165, 1.54) is 44.1 Å². The van der Waals surface area contributed by atoms with E-state index in [0.717, 1.165) is 5.92 Å². The van der Waals surface area contributed by atoms with E-state index in [0.29, 0.717) is 22.8 Å². The molecule has 0 amide bonds. The molecule has 0 saturated heterocycles. The molecule has 2 aromatic carbocycles. The molecule has 26 heavy (non-hydrogen) atoms. The summed E-state index contributed by atoms with van der Waals surface area (Å²) >= 11 is 0. The normalized spacial score (nSPS) is 19.1. The SMILES string of the molecule is CCCC[C@@H]1CC[C@@H](c2ccc(C(=O)Oc3ccc(C#N)cc3)cc2)C1. The molecule has 0 aliphatic heterocycles. The lowest BCUT2D eigenvalue weighted by Gasteiger charge is -2.12. The Bertz CT molecular complexity index is 771. The summed E-state index contributed by atoms with van der Waals surface area (Å²) in [5.74, 6) is 1.57. The molecule has 1 saturated carbocycles. The number of rotatable bonds is 6. The minimum atomic E-state index is -0.367. The predicted octanol–water partition coefficient (Wildman–Crippen LogP) is 5.85. The van der Waals surface area contributed by atoms with Crippen LogP contribution >= 0.6 is 0 Å². The van der Waals surface area contributed by atoms with Gasteiger partial charge in [-0.1, -0.05) is 38.3 Å². The molecule has 0 aromatic heterocycles. The molecule has 3 rings (SSSR count). The van der Waals surface area contributed by atoms with Crippen molar-refractivity contribution in [3.63, 3.8) is 0 Å². The Morgan fingerprint density at radius 1 is 1.12 bits per heavy atom. The molecule has 1 fully saturated rings. The van der Waals surface area contributed by atoms with Gasteiger partial charge < -0.3 is 4.74 Å². The van der Waals surface area contributed by atoms with Gasteiger partial charge in [0.25, 0.3) is 0 Å². The quantitative estimate of drug-likeness (QED) is 0.486. The summed E-state index contributed by atoms with van der Waals surface area (Å²) < 4.78 is 5.38. The van der Waals surface area contributed by atoms with Gasteiger partial charge in [0.2, 0.25) is 0 Å². The molecule has 0 bridgehead atoms. The first-order chi connectivity index (χ1) is 12.7. The molecule has 0 unspecified atom stereocenters. The van der Waals surface area contributed by atoms with E-state index in [1.807, 2.05) is 18.2 Å². The predicted molar refractivity (Wildman–Crippen MR) is 102 cm³/mol. The maximum absolute atomic E-state index is 12.3. The highest BCUT2D eigenvalue weighted by atomic mass is 16.5. The van der Waals surface area contributed by atoms with E-state index in [2.05, 4.69) is 19.1 Å². The van der Waals surface area contributed by atoms with Gasteiger partial charge >= 0.3 is 5.97 Å². The third-order valence-corrected chi connectivity index (χ3v) is 5.32. The zero-order valence-corrected chi connectivity index (χ0v) is 15.3. The van der Waals surface area contributed by atoms with Crippen LogP contribution in [0, 0.1) is 17.2 Å². The molecule has 2 aromatic rings. The van der Waals surface area contributed by atoms with Gasteiger partial charge in [-0.25, -0.2) is 4.79 Å². The standard InChI is InChI=1S/C23H25NO2/c1-2-3-4-17-5-8-21(15-17)19-9-11-20(12-10-19)23(25)26-22-13-6-18(16-24)7-14-22/h6-7,9-14,17,21H,2-5,8,15H2,1H3/t17-,21-/m1/s1. The highest BCUT2D eigenvalue weighted by Gasteiger charge is 2.25. The van der Waals surface area contributed by atoms with Crippen LogP contribution in [0.4, 0.5) is 0 Å².